The van der Waals surface area contributed by atoms with Crippen molar-refractivity contribution in [1.82, 2.24) is 5.16 Å². The molecule has 1 amide bonds. The lowest BCUT2D eigenvalue weighted by Gasteiger charge is -2.08. The van der Waals surface area contributed by atoms with E-state index in [9.17, 15) is 9.59 Å². The Morgan fingerprint density at radius 2 is 1.93 bits per heavy atom. The highest BCUT2D eigenvalue weighted by Crippen LogP contribution is 2.30. The van der Waals surface area contributed by atoms with Crippen molar-refractivity contribution < 1.29 is 23.6 Å². The third kappa shape index (κ3) is 5.14. The van der Waals surface area contributed by atoms with Gasteiger partial charge in [0.15, 0.2) is 12.2 Å². The Balaban J connectivity index is 1.79. The maximum atomic E-state index is 12.5. The summed E-state index contributed by atoms with van der Waals surface area (Å²) in [5.41, 5.74) is 1.88. The molecule has 0 aliphatic rings. The third-order valence-electron chi connectivity index (χ3n) is 3.90. The molecule has 0 unspecified atom stereocenters. The molecule has 8 heteroatoms. The molecule has 0 atom stereocenters. The highest BCUT2D eigenvalue weighted by atomic mass is 35.5. The van der Waals surface area contributed by atoms with Gasteiger partial charge in [0.25, 0.3) is 5.91 Å². The van der Waals surface area contributed by atoms with Gasteiger partial charge in [-0.25, -0.2) is 4.79 Å². The van der Waals surface area contributed by atoms with Gasteiger partial charge in [0, 0.05) is 10.6 Å². The third-order valence-corrected chi connectivity index (χ3v) is 4.15. The Bertz CT molecular complexity index is 1010. The minimum Gasteiger partial charge on any atom is -0.484 e. The Kier molecular flexibility index (Phi) is 6.51. The first-order valence-corrected chi connectivity index (χ1v) is 9.27. The summed E-state index contributed by atoms with van der Waals surface area (Å²) in [4.78, 5) is 24.8. The molecule has 2 aromatic carbocycles. The Morgan fingerprint density at radius 1 is 1.17 bits per heavy atom. The molecule has 0 spiro atoms. The van der Waals surface area contributed by atoms with Crippen molar-refractivity contribution in [2.24, 2.45) is 0 Å². The number of nitrogens with one attached hydrogen (secondary N) is 1. The zero-order valence-electron chi connectivity index (χ0n) is 15.9. The number of carbonyl (C=O) groups is 2. The average Bonchev–Trinajstić information content (AvgIpc) is 3.11. The summed E-state index contributed by atoms with van der Waals surface area (Å²) in [6.07, 6.45) is 0. The fourth-order valence-electron chi connectivity index (χ4n) is 2.59. The summed E-state index contributed by atoms with van der Waals surface area (Å²) >= 11 is 5.91. The van der Waals surface area contributed by atoms with E-state index in [1.54, 1.807) is 37.3 Å². The topological polar surface area (TPSA) is 90.7 Å². The van der Waals surface area contributed by atoms with Gasteiger partial charge in [-0.1, -0.05) is 41.0 Å². The quantitative estimate of drug-likeness (QED) is 0.572. The number of amides is 1. The van der Waals surface area contributed by atoms with Gasteiger partial charge in [-0.2, -0.15) is 0 Å². The molecular formula is C21H19ClN2O5. The molecule has 3 rings (SSSR count). The molecule has 0 saturated heterocycles. The number of nitrogens with zero attached hydrogens (tertiary/aromatic N) is 1. The van der Waals surface area contributed by atoms with Crippen molar-refractivity contribution in [3.63, 3.8) is 0 Å². The van der Waals surface area contributed by atoms with Crippen molar-refractivity contribution in [3.8, 4) is 17.0 Å². The second kappa shape index (κ2) is 9.25. The van der Waals surface area contributed by atoms with E-state index >= 15 is 0 Å². The number of hydrogen-bond acceptors (Lipinski definition) is 6. The number of esters is 1. The Labute approximate surface area is 172 Å². The fourth-order valence-corrected chi connectivity index (χ4v) is 2.72. The lowest BCUT2D eigenvalue weighted by molar-refractivity contribution is -0.118. The number of hydrogen-bond donors (Lipinski definition) is 1. The van der Waals surface area contributed by atoms with Crippen LogP contribution in [0.25, 0.3) is 11.3 Å². The molecule has 3 aromatic rings. The second-order valence-electron chi connectivity index (χ2n) is 6.12. The standard InChI is InChI=1S/C21H19ClN2O5/c1-3-27-21(26)18-19(14-7-9-15(22)10-8-14)24-29-20(18)23-17(25)12-28-16-6-4-5-13(2)11-16/h4-11H,3,12H2,1-2H3,(H,23,25). The first-order valence-electron chi connectivity index (χ1n) is 8.90. The molecule has 150 valence electrons. The van der Waals surface area contributed by atoms with Crippen LogP contribution >= 0.6 is 11.6 Å². The van der Waals surface area contributed by atoms with Gasteiger partial charge < -0.3 is 14.0 Å². The van der Waals surface area contributed by atoms with E-state index in [-0.39, 0.29) is 30.4 Å². The van der Waals surface area contributed by atoms with Gasteiger partial charge in [-0.3, -0.25) is 10.1 Å². The van der Waals surface area contributed by atoms with Crippen LogP contribution in [0.15, 0.2) is 53.1 Å². The predicted octanol–water partition coefficient (Wildman–Crippen LogP) is 4.50. The fraction of sp³-hybridized carbons (Fsp3) is 0.190. The number of anilines is 1. The molecule has 1 N–H and O–H groups in total. The van der Waals surface area contributed by atoms with Crippen LogP contribution in [-0.4, -0.2) is 30.2 Å². The van der Waals surface area contributed by atoms with Crippen molar-refractivity contribution in [2.75, 3.05) is 18.5 Å². The molecule has 29 heavy (non-hydrogen) atoms. The number of rotatable bonds is 7. The lowest BCUT2D eigenvalue weighted by atomic mass is 10.1. The number of carbonyl (C=O) groups excluding carboxylic acids is 2. The van der Waals surface area contributed by atoms with Gasteiger partial charge in [0.1, 0.15) is 11.4 Å². The van der Waals surface area contributed by atoms with E-state index < -0.39 is 11.9 Å². The molecule has 0 bridgehead atoms. The largest absolute Gasteiger partial charge is 0.484 e. The summed E-state index contributed by atoms with van der Waals surface area (Å²) < 4.78 is 15.8. The average molecular weight is 415 g/mol. The number of benzene rings is 2. The first-order chi connectivity index (χ1) is 14.0. The van der Waals surface area contributed by atoms with E-state index in [1.807, 2.05) is 25.1 Å². The van der Waals surface area contributed by atoms with Gasteiger partial charge in [0.2, 0.25) is 5.88 Å². The van der Waals surface area contributed by atoms with Crippen molar-refractivity contribution in [2.45, 2.75) is 13.8 Å². The summed E-state index contributed by atoms with van der Waals surface area (Å²) in [5.74, 6) is -0.708. The van der Waals surface area contributed by atoms with Gasteiger partial charge in [-0.05, 0) is 43.7 Å². The molecule has 0 aliphatic heterocycles. The lowest BCUT2D eigenvalue weighted by Crippen LogP contribution is -2.21. The van der Waals surface area contributed by atoms with Crippen molar-refractivity contribution in [3.05, 3.63) is 64.7 Å². The van der Waals surface area contributed by atoms with E-state index in [0.717, 1.165) is 5.56 Å². The van der Waals surface area contributed by atoms with Gasteiger partial charge in [0.05, 0.1) is 6.61 Å². The second-order valence-corrected chi connectivity index (χ2v) is 6.55. The van der Waals surface area contributed by atoms with Crippen LogP contribution in [0.4, 0.5) is 5.88 Å². The maximum absolute atomic E-state index is 12.5. The zero-order valence-corrected chi connectivity index (χ0v) is 16.7. The van der Waals surface area contributed by atoms with Crippen LogP contribution in [0.2, 0.25) is 5.02 Å². The SMILES string of the molecule is CCOC(=O)c1c(-c2ccc(Cl)cc2)noc1NC(=O)COc1cccc(C)c1. The van der Waals surface area contributed by atoms with Crippen LogP contribution < -0.4 is 10.1 Å². The van der Waals surface area contributed by atoms with E-state index in [4.69, 9.17) is 25.6 Å². The molecule has 0 fully saturated rings. The number of halogens is 1. The summed E-state index contributed by atoms with van der Waals surface area (Å²) in [6.45, 7) is 3.50. The summed E-state index contributed by atoms with van der Waals surface area (Å²) in [7, 11) is 0. The molecule has 0 radical (unpaired) electrons. The van der Waals surface area contributed by atoms with E-state index in [1.165, 1.54) is 0 Å². The van der Waals surface area contributed by atoms with Gasteiger partial charge >= 0.3 is 5.97 Å². The highest BCUT2D eigenvalue weighted by molar-refractivity contribution is 6.30. The van der Waals surface area contributed by atoms with Crippen LogP contribution in [-0.2, 0) is 9.53 Å². The minimum absolute atomic E-state index is 0.0260. The molecule has 1 heterocycles. The zero-order chi connectivity index (χ0) is 20.8. The van der Waals surface area contributed by atoms with Crippen molar-refractivity contribution >= 4 is 29.4 Å². The maximum Gasteiger partial charge on any atom is 0.346 e. The van der Waals surface area contributed by atoms with Gasteiger partial charge in [-0.15, -0.1) is 0 Å². The monoisotopic (exact) mass is 414 g/mol. The highest BCUT2D eigenvalue weighted by Gasteiger charge is 2.26. The molecule has 7 nitrogen and oxygen atoms in total. The minimum atomic E-state index is -0.659. The Morgan fingerprint density at radius 3 is 2.62 bits per heavy atom. The number of aryl methyl sites for hydroxylation is 1. The number of ether oxygens (including phenoxy) is 2. The van der Waals surface area contributed by atoms with E-state index in [2.05, 4.69) is 10.5 Å². The summed E-state index contributed by atoms with van der Waals surface area (Å²) in [5, 5.41) is 6.98. The van der Waals surface area contributed by atoms with Crippen LogP contribution in [0.5, 0.6) is 5.75 Å². The normalized spacial score (nSPS) is 10.4. The van der Waals surface area contributed by atoms with E-state index in [0.29, 0.717) is 16.3 Å². The van der Waals surface area contributed by atoms with Crippen LogP contribution in [0.3, 0.4) is 0 Å². The van der Waals surface area contributed by atoms with Crippen LogP contribution in [0, 0.1) is 6.92 Å². The van der Waals surface area contributed by atoms with Crippen LogP contribution in [0.1, 0.15) is 22.8 Å². The van der Waals surface area contributed by atoms with Crippen molar-refractivity contribution in [1.29, 1.82) is 0 Å². The number of aromatic nitrogens is 1. The first kappa shape index (κ1) is 20.4. The smallest absolute Gasteiger partial charge is 0.346 e. The molecule has 1 aromatic heterocycles. The predicted molar refractivity (Wildman–Crippen MR) is 108 cm³/mol. The Hall–Kier alpha value is -3.32. The summed E-state index contributed by atoms with van der Waals surface area (Å²) in [6, 6.07) is 14.0. The molecule has 0 aliphatic carbocycles. The molecular weight excluding hydrogens is 396 g/mol. The molecule has 0 saturated carbocycles.